The first-order valence-corrected chi connectivity index (χ1v) is 12.9. The van der Waals surface area contributed by atoms with Gasteiger partial charge < -0.3 is 13.5 Å². The van der Waals surface area contributed by atoms with E-state index in [1.165, 1.54) is 18.2 Å². The van der Waals surface area contributed by atoms with Gasteiger partial charge in [0.1, 0.15) is 24.3 Å². The number of para-hydroxylation sites is 1. The summed E-state index contributed by atoms with van der Waals surface area (Å²) in [4.78, 5) is 0. The highest BCUT2D eigenvalue weighted by atomic mass is 32.2. The van der Waals surface area contributed by atoms with Crippen LogP contribution in [0.2, 0.25) is 0 Å². The molecule has 0 unspecified atom stereocenters. The van der Waals surface area contributed by atoms with Crippen molar-refractivity contribution in [3.8, 4) is 28.5 Å². The van der Waals surface area contributed by atoms with Crippen molar-refractivity contribution in [2.75, 3.05) is 0 Å². The summed E-state index contributed by atoms with van der Waals surface area (Å²) < 4.78 is 132. The van der Waals surface area contributed by atoms with E-state index >= 15 is 0 Å². The lowest BCUT2D eigenvalue weighted by atomic mass is 9.96. The van der Waals surface area contributed by atoms with E-state index in [2.05, 4.69) is 4.18 Å². The quantitative estimate of drug-likeness (QED) is 0.0730. The Kier molecular flexibility index (Phi) is 6.48. The minimum Gasteiger partial charge on any atom is -0.741 e. The molecule has 0 N–H and O–H groups in total. The van der Waals surface area contributed by atoms with E-state index in [1.54, 1.807) is 6.07 Å². The molecule has 1 aromatic heterocycles. The van der Waals surface area contributed by atoms with Gasteiger partial charge in [-0.05, 0) is 30.3 Å². The molecule has 4 aromatic rings. The fourth-order valence-electron chi connectivity index (χ4n) is 3.81. The van der Waals surface area contributed by atoms with Crippen LogP contribution in [0.1, 0.15) is 0 Å². The molecule has 5 rings (SSSR count). The molecule has 1 aliphatic rings. The molecule has 202 valence electrons. The molecule has 8 nitrogen and oxygen atoms in total. The van der Waals surface area contributed by atoms with Gasteiger partial charge in [-0.3, -0.25) is 0 Å². The molecule has 0 bridgehead atoms. The van der Waals surface area contributed by atoms with Crippen molar-refractivity contribution in [3.05, 3.63) is 60.7 Å². The van der Waals surface area contributed by atoms with Gasteiger partial charge in [0.25, 0.3) is 0 Å². The maximum absolute atomic E-state index is 12.7. The summed E-state index contributed by atoms with van der Waals surface area (Å²) in [5, 5.41) is 2.03. The standard InChI is InChI=1S/C21H13F3NO4S.CHF3O3S/c1-25-16-10-9-12(29-30(26,27)21(22,23)24)11-15(16)13-6-4-8-18-19(13)20(25)14-5-2-3-7-17(14)28-18;2-1(3,4)8(5,6)7/h2-11H,1H3;(H,5,6,7)/q+1;/p-1. The van der Waals surface area contributed by atoms with Crippen LogP contribution in [-0.2, 0) is 27.3 Å². The number of fused-ring (bicyclic) bond motifs is 4. The third kappa shape index (κ3) is 4.81. The summed E-state index contributed by atoms with van der Waals surface area (Å²) >= 11 is 0. The number of alkyl halides is 6. The number of nitrogens with zero attached hydrogens (tertiary/aromatic N) is 1. The predicted molar refractivity (Wildman–Crippen MR) is 119 cm³/mol. The molecular formula is C22H13F6NO7S2. The lowest BCUT2D eigenvalue weighted by Crippen LogP contribution is -2.33. The zero-order valence-corrected chi connectivity index (χ0v) is 20.3. The third-order valence-electron chi connectivity index (χ3n) is 5.35. The number of rotatable bonds is 2. The van der Waals surface area contributed by atoms with Crippen molar-refractivity contribution in [2.45, 2.75) is 11.0 Å². The van der Waals surface area contributed by atoms with E-state index in [0.29, 0.717) is 27.8 Å². The number of hydrogen-bond donors (Lipinski definition) is 0. The second-order valence-electron chi connectivity index (χ2n) is 7.75. The number of pyridine rings is 1. The Hall–Kier alpha value is -3.63. The highest BCUT2D eigenvalue weighted by Gasteiger charge is 2.48. The van der Waals surface area contributed by atoms with Crippen LogP contribution in [0, 0.1) is 0 Å². The maximum atomic E-state index is 12.7. The molecule has 0 radical (unpaired) electrons. The van der Waals surface area contributed by atoms with Crippen molar-refractivity contribution in [1.29, 1.82) is 0 Å². The lowest BCUT2D eigenvalue weighted by Gasteiger charge is -2.20. The Bertz CT molecular complexity index is 1800. The van der Waals surface area contributed by atoms with Gasteiger partial charge in [-0.25, -0.2) is 8.42 Å². The first-order valence-electron chi connectivity index (χ1n) is 10.1. The number of hydrogen-bond acceptors (Lipinski definition) is 7. The molecule has 38 heavy (non-hydrogen) atoms. The molecule has 1 aliphatic heterocycles. The molecule has 0 atom stereocenters. The van der Waals surface area contributed by atoms with Crippen LogP contribution in [0.5, 0.6) is 17.2 Å². The van der Waals surface area contributed by atoms with Gasteiger partial charge in [0, 0.05) is 11.5 Å². The molecule has 0 saturated carbocycles. The highest BCUT2D eigenvalue weighted by molar-refractivity contribution is 7.88. The summed E-state index contributed by atoms with van der Waals surface area (Å²) in [6.07, 6.45) is 0. The van der Waals surface area contributed by atoms with Gasteiger partial charge >= 0.3 is 21.1 Å². The number of benzene rings is 3. The van der Waals surface area contributed by atoms with Crippen molar-refractivity contribution in [1.82, 2.24) is 0 Å². The zero-order valence-electron chi connectivity index (χ0n) is 18.7. The van der Waals surface area contributed by atoms with E-state index in [4.69, 9.17) is 17.7 Å². The smallest absolute Gasteiger partial charge is 0.534 e. The van der Waals surface area contributed by atoms with Gasteiger partial charge in [-0.1, -0.05) is 24.3 Å². The average Bonchev–Trinajstić information content (AvgIpc) is 2.79. The van der Waals surface area contributed by atoms with Crippen LogP contribution in [0.15, 0.2) is 60.7 Å². The molecule has 0 saturated heterocycles. The predicted octanol–water partition coefficient (Wildman–Crippen LogP) is 4.87. The van der Waals surface area contributed by atoms with Gasteiger partial charge in [-0.2, -0.15) is 39.3 Å². The van der Waals surface area contributed by atoms with Gasteiger partial charge in [0.15, 0.2) is 10.1 Å². The van der Waals surface area contributed by atoms with Gasteiger partial charge in [-0.15, -0.1) is 0 Å². The molecule has 0 spiro atoms. The number of ether oxygens (including phenoxy) is 1. The van der Waals surface area contributed by atoms with Crippen LogP contribution in [0.25, 0.3) is 32.9 Å². The number of aryl methyl sites for hydroxylation is 1. The largest absolute Gasteiger partial charge is 0.741 e. The van der Waals surface area contributed by atoms with Crippen LogP contribution >= 0.6 is 0 Å². The van der Waals surface area contributed by atoms with E-state index in [-0.39, 0.29) is 0 Å². The second-order valence-corrected chi connectivity index (χ2v) is 10.7. The zero-order chi connectivity index (χ0) is 28.3. The molecule has 0 fully saturated rings. The summed E-state index contributed by atoms with van der Waals surface area (Å²) in [6, 6.07) is 17.0. The highest BCUT2D eigenvalue weighted by Crippen LogP contribution is 2.46. The van der Waals surface area contributed by atoms with Crippen LogP contribution in [0.4, 0.5) is 26.3 Å². The summed E-state index contributed by atoms with van der Waals surface area (Å²) in [7, 11) is -10.0. The molecular weight excluding hydrogens is 568 g/mol. The van der Waals surface area contributed by atoms with Crippen LogP contribution in [-0.4, -0.2) is 32.4 Å². The van der Waals surface area contributed by atoms with E-state index < -0.39 is 37.0 Å². The minimum absolute atomic E-state index is 0.419. The fourth-order valence-corrected chi connectivity index (χ4v) is 4.26. The van der Waals surface area contributed by atoms with Crippen molar-refractivity contribution >= 4 is 41.9 Å². The first kappa shape index (κ1) is 27.4. The number of aromatic nitrogens is 1. The van der Waals surface area contributed by atoms with Crippen molar-refractivity contribution < 1.29 is 61.2 Å². The SMILES string of the molecule is C[n+]1c2c3c(cccc3c3cc(OS(=O)(=O)C(F)(F)F)ccc31)Oc1ccccc1-2.O=S(=O)([O-])C(F)(F)F. The van der Waals surface area contributed by atoms with Gasteiger partial charge in [0.05, 0.1) is 16.3 Å². The minimum atomic E-state index is -6.09. The maximum Gasteiger partial charge on any atom is 0.534 e. The summed E-state index contributed by atoms with van der Waals surface area (Å²) in [5.74, 6) is 0.884. The fraction of sp³-hybridized carbons (Fsp3) is 0.136. The lowest BCUT2D eigenvalue weighted by molar-refractivity contribution is -0.632. The Balaban J connectivity index is 0.000000368. The first-order chi connectivity index (χ1) is 17.4. The van der Waals surface area contributed by atoms with Crippen LogP contribution in [0.3, 0.4) is 0 Å². The Morgan fingerprint density at radius 1 is 0.816 bits per heavy atom. The van der Waals surface area contributed by atoms with Crippen molar-refractivity contribution in [2.24, 2.45) is 7.05 Å². The van der Waals surface area contributed by atoms with E-state index in [1.807, 2.05) is 48.0 Å². The second kappa shape index (κ2) is 8.99. The number of halogens is 6. The molecule has 3 aromatic carbocycles. The monoisotopic (exact) mass is 581 g/mol. The van der Waals surface area contributed by atoms with Crippen molar-refractivity contribution in [3.63, 3.8) is 0 Å². The molecule has 0 aliphatic carbocycles. The van der Waals surface area contributed by atoms with E-state index in [9.17, 15) is 34.8 Å². The molecule has 2 heterocycles. The average molecular weight is 581 g/mol. The normalized spacial score (nSPS) is 13.4. The Morgan fingerprint density at radius 2 is 1.42 bits per heavy atom. The Morgan fingerprint density at radius 3 is 2.03 bits per heavy atom. The summed E-state index contributed by atoms with van der Waals surface area (Å²) in [5.41, 5.74) is -8.68. The van der Waals surface area contributed by atoms with E-state index in [0.717, 1.165) is 16.6 Å². The topological polar surface area (TPSA) is 114 Å². The Labute approximate surface area is 210 Å². The summed E-state index contributed by atoms with van der Waals surface area (Å²) in [6.45, 7) is 0. The third-order valence-corrected chi connectivity index (χ3v) is 6.90. The molecule has 0 amide bonds. The molecule has 16 heteroatoms. The van der Waals surface area contributed by atoms with Crippen LogP contribution < -0.4 is 13.5 Å². The van der Waals surface area contributed by atoms with Gasteiger partial charge in [0.2, 0.25) is 11.2 Å².